The van der Waals surface area contributed by atoms with Crippen LogP contribution in [0, 0.1) is 0 Å². The predicted octanol–water partition coefficient (Wildman–Crippen LogP) is 2.20. The van der Waals surface area contributed by atoms with Crippen LogP contribution >= 0.6 is 0 Å². The second-order valence-corrected chi connectivity index (χ2v) is 5.16. The molecule has 5 heteroatoms. The molecule has 0 atom stereocenters. The monoisotopic (exact) mass is 275 g/mol. The minimum Gasteiger partial charge on any atom is -0.493 e. The van der Waals surface area contributed by atoms with E-state index in [1.165, 1.54) is 0 Å². The van der Waals surface area contributed by atoms with Crippen molar-refractivity contribution < 1.29 is 9.47 Å². The van der Waals surface area contributed by atoms with Crippen LogP contribution in [0.4, 0.5) is 0 Å². The van der Waals surface area contributed by atoms with Crippen molar-refractivity contribution in [3.05, 3.63) is 42.0 Å². The van der Waals surface area contributed by atoms with Crippen LogP contribution in [0.1, 0.15) is 25.2 Å². The largest absolute Gasteiger partial charge is 0.493 e. The molecule has 2 N–H and O–H groups in total. The van der Waals surface area contributed by atoms with Gasteiger partial charge in [0.15, 0.2) is 22.9 Å². The molecule has 2 aromatic rings. The fourth-order valence-corrected chi connectivity index (χ4v) is 2.19. The number of ether oxygens (including phenoxy) is 2. The van der Waals surface area contributed by atoms with Gasteiger partial charge in [-0.05, 0) is 31.5 Å². The lowest BCUT2D eigenvalue weighted by molar-refractivity contribution is 0.0910. The molecule has 0 unspecified atom stereocenters. The lowest BCUT2D eigenvalue weighted by atomic mass is 10.1. The third-order valence-corrected chi connectivity index (χ3v) is 3.19. The van der Waals surface area contributed by atoms with Gasteiger partial charge in [0.05, 0.1) is 7.11 Å². The first kappa shape index (κ1) is 14.4. The van der Waals surface area contributed by atoms with E-state index in [2.05, 4.69) is 4.98 Å². The summed E-state index contributed by atoms with van der Waals surface area (Å²) in [5.74, 6) is 2.20. The van der Waals surface area contributed by atoms with Crippen LogP contribution in [-0.4, -0.2) is 16.7 Å². The second kappa shape index (κ2) is 5.54. The quantitative estimate of drug-likeness (QED) is 0.908. The first-order chi connectivity index (χ1) is 9.47. The van der Waals surface area contributed by atoms with Crippen LogP contribution in [0.25, 0.3) is 0 Å². The van der Waals surface area contributed by atoms with Gasteiger partial charge in [-0.3, -0.25) is 0 Å². The second-order valence-electron chi connectivity index (χ2n) is 5.16. The molecule has 1 aromatic heterocycles. The Kier molecular flexibility index (Phi) is 3.99. The van der Waals surface area contributed by atoms with Crippen molar-refractivity contribution in [3.8, 4) is 11.5 Å². The Hall–Kier alpha value is -2.01. The molecule has 0 bridgehead atoms. The van der Waals surface area contributed by atoms with Crippen LogP contribution in [0.3, 0.4) is 0 Å². The van der Waals surface area contributed by atoms with E-state index in [0.29, 0.717) is 18.0 Å². The zero-order valence-electron chi connectivity index (χ0n) is 12.4. The number of benzene rings is 1. The Balaban J connectivity index is 2.35. The standard InChI is InChI=1S/C15H21N3O2/c1-15(2,14-17-7-8-18(14)3)20-13-9-11(10-16)5-6-12(13)19-4/h5-9H,10,16H2,1-4H3. The minimum absolute atomic E-state index is 0.461. The van der Waals surface area contributed by atoms with Crippen molar-refractivity contribution in [2.75, 3.05) is 7.11 Å². The summed E-state index contributed by atoms with van der Waals surface area (Å²) in [4.78, 5) is 4.35. The summed E-state index contributed by atoms with van der Waals surface area (Å²) >= 11 is 0. The van der Waals surface area contributed by atoms with Gasteiger partial charge in [0.1, 0.15) is 0 Å². The van der Waals surface area contributed by atoms with Crippen molar-refractivity contribution in [2.24, 2.45) is 12.8 Å². The fourth-order valence-electron chi connectivity index (χ4n) is 2.19. The molecule has 0 aliphatic rings. The Morgan fingerprint density at radius 2 is 2.05 bits per heavy atom. The van der Waals surface area contributed by atoms with Gasteiger partial charge in [-0.25, -0.2) is 4.98 Å². The maximum atomic E-state index is 6.13. The summed E-state index contributed by atoms with van der Waals surface area (Å²) in [6.07, 6.45) is 3.65. The fraction of sp³-hybridized carbons (Fsp3) is 0.400. The van der Waals surface area contributed by atoms with Gasteiger partial charge in [-0.1, -0.05) is 6.07 Å². The highest BCUT2D eigenvalue weighted by molar-refractivity contribution is 5.43. The number of hydrogen-bond acceptors (Lipinski definition) is 4. The normalized spacial score (nSPS) is 11.4. The number of nitrogens with two attached hydrogens (primary N) is 1. The molecular formula is C15H21N3O2. The topological polar surface area (TPSA) is 62.3 Å². The van der Waals surface area contributed by atoms with Gasteiger partial charge in [0.25, 0.3) is 0 Å². The van der Waals surface area contributed by atoms with E-state index < -0.39 is 5.60 Å². The maximum Gasteiger partial charge on any atom is 0.162 e. The summed E-state index contributed by atoms with van der Waals surface area (Å²) in [6, 6.07) is 5.70. The number of hydrogen-bond donors (Lipinski definition) is 1. The van der Waals surface area contributed by atoms with Crippen LogP contribution in [-0.2, 0) is 19.2 Å². The molecule has 0 saturated heterocycles. The van der Waals surface area contributed by atoms with Crippen molar-refractivity contribution >= 4 is 0 Å². The Bertz CT molecular complexity index is 591. The van der Waals surface area contributed by atoms with Crippen LogP contribution in [0.15, 0.2) is 30.6 Å². The van der Waals surface area contributed by atoms with E-state index in [9.17, 15) is 0 Å². The first-order valence-corrected chi connectivity index (χ1v) is 6.51. The molecule has 0 aliphatic carbocycles. The molecule has 0 radical (unpaired) electrons. The minimum atomic E-state index is -0.571. The molecule has 20 heavy (non-hydrogen) atoms. The molecule has 0 spiro atoms. The summed E-state index contributed by atoms with van der Waals surface area (Å²) < 4.78 is 13.4. The highest BCUT2D eigenvalue weighted by Crippen LogP contribution is 2.34. The van der Waals surface area contributed by atoms with Gasteiger partial charge < -0.3 is 19.8 Å². The molecule has 0 aliphatic heterocycles. The molecule has 2 rings (SSSR count). The first-order valence-electron chi connectivity index (χ1n) is 6.51. The van der Waals surface area contributed by atoms with Gasteiger partial charge >= 0.3 is 0 Å². The van der Waals surface area contributed by atoms with Crippen molar-refractivity contribution in [1.29, 1.82) is 0 Å². The molecule has 1 aromatic carbocycles. The number of aryl methyl sites for hydroxylation is 1. The molecule has 1 heterocycles. The lowest BCUT2D eigenvalue weighted by Gasteiger charge is -2.27. The van der Waals surface area contributed by atoms with Gasteiger partial charge in [-0.2, -0.15) is 0 Å². The average molecular weight is 275 g/mol. The van der Waals surface area contributed by atoms with E-state index >= 15 is 0 Å². The van der Waals surface area contributed by atoms with Crippen molar-refractivity contribution in [3.63, 3.8) is 0 Å². The molecule has 108 valence electrons. The van der Waals surface area contributed by atoms with E-state index in [1.807, 2.05) is 49.9 Å². The van der Waals surface area contributed by atoms with E-state index in [4.69, 9.17) is 15.2 Å². The molecule has 0 fully saturated rings. The number of methoxy groups -OCH3 is 1. The molecule has 0 saturated carbocycles. The third kappa shape index (κ3) is 2.77. The van der Waals surface area contributed by atoms with Gasteiger partial charge in [-0.15, -0.1) is 0 Å². The molecule has 0 amide bonds. The van der Waals surface area contributed by atoms with Crippen LogP contribution in [0.5, 0.6) is 11.5 Å². The van der Waals surface area contributed by atoms with Gasteiger partial charge in [0.2, 0.25) is 0 Å². The average Bonchev–Trinajstić information content (AvgIpc) is 2.85. The molecule has 5 nitrogen and oxygen atoms in total. The Labute approximate surface area is 119 Å². The van der Waals surface area contributed by atoms with Crippen molar-refractivity contribution in [2.45, 2.75) is 26.0 Å². The van der Waals surface area contributed by atoms with Crippen LogP contribution < -0.4 is 15.2 Å². The summed E-state index contributed by atoms with van der Waals surface area (Å²) in [5.41, 5.74) is 6.11. The third-order valence-electron chi connectivity index (χ3n) is 3.19. The van der Waals surface area contributed by atoms with Crippen LogP contribution in [0.2, 0.25) is 0 Å². The number of rotatable bonds is 5. The summed E-state index contributed by atoms with van der Waals surface area (Å²) in [7, 11) is 3.57. The summed E-state index contributed by atoms with van der Waals surface area (Å²) in [5, 5.41) is 0. The van der Waals surface area contributed by atoms with E-state index in [-0.39, 0.29) is 0 Å². The number of aromatic nitrogens is 2. The zero-order chi connectivity index (χ0) is 14.8. The Morgan fingerprint density at radius 3 is 2.60 bits per heavy atom. The summed E-state index contributed by atoms with van der Waals surface area (Å²) in [6.45, 7) is 4.41. The van der Waals surface area contributed by atoms with Crippen molar-refractivity contribution in [1.82, 2.24) is 9.55 Å². The predicted molar refractivity (Wildman–Crippen MR) is 77.7 cm³/mol. The van der Waals surface area contributed by atoms with E-state index in [1.54, 1.807) is 13.3 Å². The number of nitrogens with zero attached hydrogens (tertiary/aromatic N) is 2. The highest BCUT2D eigenvalue weighted by atomic mass is 16.5. The molecular weight excluding hydrogens is 254 g/mol. The highest BCUT2D eigenvalue weighted by Gasteiger charge is 2.28. The maximum absolute atomic E-state index is 6.13. The lowest BCUT2D eigenvalue weighted by Crippen LogP contribution is -2.29. The van der Waals surface area contributed by atoms with E-state index in [0.717, 1.165) is 11.4 Å². The number of imidazole rings is 1. The smallest absolute Gasteiger partial charge is 0.162 e. The van der Waals surface area contributed by atoms with Gasteiger partial charge in [0, 0.05) is 26.0 Å². The SMILES string of the molecule is COc1ccc(CN)cc1OC(C)(C)c1nccn1C. The Morgan fingerprint density at radius 1 is 1.30 bits per heavy atom. The zero-order valence-corrected chi connectivity index (χ0v) is 12.4.